The normalized spacial score (nSPS) is 18.2. The summed E-state index contributed by atoms with van der Waals surface area (Å²) in [6.07, 6.45) is 6.94. The summed E-state index contributed by atoms with van der Waals surface area (Å²) in [6.45, 7) is 2.07. The van der Waals surface area contributed by atoms with Gasteiger partial charge in [-0.15, -0.1) is 0 Å². The van der Waals surface area contributed by atoms with Gasteiger partial charge in [0, 0.05) is 30.3 Å². The predicted molar refractivity (Wildman–Crippen MR) is 109 cm³/mol. The number of rotatable bonds is 2. The second-order valence-corrected chi connectivity index (χ2v) is 8.31. The highest BCUT2D eigenvalue weighted by molar-refractivity contribution is 7.20. The first-order valence-electron chi connectivity index (χ1n) is 9.55. The van der Waals surface area contributed by atoms with Crippen molar-refractivity contribution in [3.05, 3.63) is 76.9 Å². The molecule has 138 valence electrons. The minimum Gasteiger partial charge on any atom is -0.443 e. The third-order valence-corrected chi connectivity index (χ3v) is 6.64. The fraction of sp³-hybridized carbons (Fsp3) is 0.227. The van der Waals surface area contributed by atoms with Gasteiger partial charge in [0.15, 0.2) is 0 Å². The second kappa shape index (κ2) is 6.01. The fourth-order valence-electron chi connectivity index (χ4n) is 4.40. The van der Waals surface area contributed by atoms with Crippen LogP contribution in [0.25, 0.3) is 15.3 Å². The average Bonchev–Trinajstić information content (AvgIpc) is 3.44. The Kier molecular flexibility index (Phi) is 3.43. The molecule has 1 aromatic carbocycles. The summed E-state index contributed by atoms with van der Waals surface area (Å²) in [5, 5.41) is 5.71. The first kappa shape index (κ1) is 16.0. The van der Waals surface area contributed by atoms with Crippen molar-refractivity contribution in [1.29, 1.82) is 0 Å². The monoisotopic (exact) mass is 386 g/mol. The Balaban J connectivity index is 1.57. The molecule has 0 N–H and O–H groups in total. The minimum atomic E-state index is 0.187. The zero-order chi connectivity index (χ0) is 18.7. The molecule has 0 bridgehead atoms. The number of allylic oxidation sites excluding steroid dienone is 2. The molecule has 28 heavy (non-hydrogen) atoms. The molecule has 0 saturated heterocycles. The lowest BCUT2D eigenvalue weighted by Gasteiger charge is -2.26. The molecule has 4 heterocycles. The Morgan fingerprint density at radius 3 is 2.82 bits per heavy atom. The Labute approximate surface area is 166 Å². The highest BCUT2D eigenvalue weighted by Crippen LogP contribution is 2.50. The highest BCUT2D eigenvalue weighted by Gasteiger charge is 2.38. The first-order chi connectivity index (χ1) is 13.8. The molecule has 1 atom stereocenters. The number of para-hydroxylation sites is 1. The van der Waals surface area contributed by atoms with Crippen LogP contribution in [0.5, 0.6) is 5.88 Å². The van der Waals surface area contributed by atoms with Crippen LogP contribution in [-0.2, 0) is 0 Å². The molecule has 5 nitrogen and oxygen atoms in total. The summed E-state index contributed by atoms with van der Waals surface area (Å²) < 4.78 is 9.49. The van der Waals surface area contributed by atoms with Crippen molar-refractivity contribution in [2.24, 2.45) is 0 Å². The molecule has 0 amide bonds. The van der Waals surface area contributed by atoms with Gasteiger partial charge in [-0.3, -0.25) is 4.98 Å². The van der Waals surface area contributed by atoms with Gasteiger partial charge in [0.05, 0.1) is 15.9 Å². The molecule has 1 unspecified atom stereocenters. The Bertz CT molecular complexity index is 1210. The van der Waals surface area contributed by atoms with Crippen LogP contribution in [0.4, 0.5) is 0 Å². The smallest absolute Gasteiger partial charge is 0.228 e. The summed E-state index contributed by atoms with van der Waals surface area (Å²) in [6, 6.07) is 12.4. The zero-order valence-corrected chi connectivity index (χ0v) is 16.2. The predicted octanol–water partition coefficient (Wildman–Crippen LogP) is 5.15. The molecular formula is C22H18N4OS. The molecule has 1 aliphatic heterocycles. The van der Waals surface area contributed by atoms with E-state index in [1.165, 1.54) is 11.1 Å². The quantitative estimate of drug-likeness (QED) is 0.478. The minimum absolute atomic E-state index is 0.187. The van der Waals surface area contributed by atoms with E-state index in [-0.39, 0.29) is 5.92 Å². The number of fused-ring (bicyclic) bond motifs is 2. The molecule has 0 spiro atoms. The number of nitrogens with zero attached hydrogens (tertiary/aromatic N) is 4. The Morgan fingerprint density at radius 2 is 1.96 bits per heavy atom. The van der Waals surface area contributed by atoms with E-state index in [1.807, 2.05) is 35.3 Å². The van der Waals surface area contributed by atoms with E-state index in [1.54, 1.807) is 11.3 Å². The summed E-state index contributed by atoms with van der Waals surface area (Å²) in [4.78, 5) is 9.01. The van der Waals surface area contributed by atoms with Crippen LogP contribution < -0.4 is 4.74 Å². The SMILES string of the molecule is Cc1nn(-c2nc3ccccc3s2)c2c1C(c1ccncc1)C1=C(CCC1)O2. The number of aryl methyl sites for hydroxylation is 1. The van der Waals surface area contributed by atoms with Crippen LogP contribution >= 0.6 is 11.3 Å². The topological polar surface area (TPSA) is 52.8 Å². The lowest BCUT2D eigenvalue weighted by atomic mass is 9.83. The molecule has 6 rings (SSSR count). The summed E-state index contributed by atoms with van der Waals surface area (Å²) in [7, 11) is 0. The van der Waals surface area contributed by atoms with Crippen LogP contribution in [0.3, 0.4) is 0 Å². The van der Waals surface area contributed by atoms with Gasteiger partial charge in [-0.25, -0.2) is 4.98 Å². The molecule has 3 aromatic heterocycles. The molecular weight excluding hydrogens is 368 g/mol. The first-order valence-corrected chi connectivity index (χ1v) is 10.4. The van der Waals surface area contributed by atoms with Gasteiger partial charge >= 0.3 is 0 Å². The fourth-order valence-corrected chi connectivity index (χ4v) is 5.32. The lowest BCUT2D eigenvalue weighted by molar-refractivity contribution is 0.363. The van der Waals surface area contributed by atoms with Crippen molar-refractivity contribution in [2.45, 2.75) is 32.1 Å². The van der Waals surface area contributed by atoms with Crippen molar-refractivity contribution < 1.29 is 4.74 Å². The molecule has 0 saturated carbocycles. The highest BCUT2D eigenvalue weighted by atomic mass is 32.1. The number of hydrogen-bond acceptors (Lipinski definition) is 5. The maximum atomic E-state index is 6.44. The van der Waals surface area contributed by atoms with Gasteiger partial charge in [0.25, 0.3) is 0 Å². The lowest BCUT2D eigenvalue weighted by Crippen LogP contribution is -2.15. The van der Waals surface area contributed by atoms with Crippen molar-refractivity contribution in [3.8, 4) is 11.0 Å². The second-order valence-electron chi connectivity index (χ2n) is 7.30. The molecule has 4 aromatic rings. The third kappa shape index (κ3) is 2.27. The van der Waals surface area contributed by atoms with Gasteiger partial charge in [-0.05, 0) is 55.2 Å². The average molecular weight is 386 g/mol. The van der Waals surface area contributed by atoms with E-state index in [0.717, 1.165) is 57.5 Å². The molecule has 2 aliphatic rings. The van der Waals surface area contributed by atoms with E-state index in [4.69, 9.17) is 14.8 Å². The number of ether oxygens (including phenoxy) is 1. The van der Waals surface area contributed by atoms with E-state index in [9.17, 15) is 0 Å². The summed E-state index contributed by atoms with van der Waals surface area (Å²) in [5.74, 6) is 2.11. The number of benzene rings is 1. The molecule has 6 heteroatoms. The van der Waals surface area contributed by atoms with E-state index >= 15 is 0 Å². The van der Waals surface area contributed by atoms with E-state index in [0.29, 0.717) is 0 Å². The molecule has 0 fully saturated rings. The van der Waals surface area contributed by atoms with Crippen LogP contribution in [0.2, 0.25) is 0 Å². The number of aromatic nitrogens is 4. The van der Waals surface area contributed by atoms with Gasteiger partial charge in [0.2, 0.25) is 11.0 Å². The summed E-state index contributed by atoms with van der Waals surface area (Å²) >= 11 is 1.64. The van der Waals surface area contributed by atoms with Crippen LogP contribution in [-0.4, -0.2) is 19.7 Å². The van der Waals surface area contributed by atoms with Crippen molar-refractivity contribution in [3.63, 3.8) is 0 Å². The number of hydrogen-bond donors (Lipinski definition) is 0. The van der Waals surface area contributed by atoms with Crippen LogP contribution in [0.15, 0.2) is 60.1 Å². The largest absolute Gasteiger partial charge is 0.443 e. The van der Waals surface area contributed by atoms with Gasteiger partial charge in [-0.1, -0.05) is 23.5 Å². The van der Waals surface area contributed by atoms with Crippen LogP contribution in [0, 0.1) is 6.92 Å². The summed E-state index contributed by atoms with van der Waals surface area (Å²) in [5.41, 5.74) is 5.79. The van der Waals surface area contributed by atoms with Crippen molar-refractivity contribution in [1.82, 2.24) is 19.7 Å². The van der Waals surface area contributed by atoms with Crippen molar-refractivity contribution >= 4 is 21.6 Å². The Morgan fingerprint density at radius 1 is 1.11 bits per heavy atom. The van der Waals surface area contributed by atoms with Gasteiger partial charge in [-0.2, -0.15) is 9.78 Å². The van der Waals surface area contributed by atoms with E-state index < -0.39 is 0 Å². The standard InChI is InChI=1S/C22H18N4OS/c1-13-19-20(14-9-11-23-12-10-14)15-5-4-7-17(15)27-21(19)26(25-13)22-24-16-6-2-3-8-18(16)28-22/h2-3,6,8-12,20H,4-5,7H2,1H3. The number of thiazole rings is 1. The maximum absolute atomic E-state index is 6.44. The number of pyridine rings is 1. The van der Waals surface area contributed by atoms with E-state index in [2.05, 4.69) is 30.1 Å². The Hall–Kier alpha value is -2.99. The molecule has 1 aliphatic carbocycles. The third-order valence-electron chi connectivity index (χ3n) is 5.63. The van der Waals surface area contributed by atoms with Crippen LogP contribution in [0.1, 0.15) is 42.0 Å². The maximum Gasteiger partial charge on any atom is 0.228 e. The van der Waals surface area contributed by atoms with Crippen molar-refractivity contribution in [2.75, 3.05) is 0 Å². The molecule has 0 radical (unpaired) electrons. The van der Waals surface area contributed by atoms with Gasteiger partial charge in [0.1, 0.15) is 5.76 Å². The van der Waals surface area contributed by atoms with Gasteiger partial charge < -0.3 is 4.74 Å². The zero-order valence-electron chi connectivity index (χ0n) is 15.4.